The number of urea groups is 1. The average molecular weight is 1070 g/mol. The summed E-state index contributed by atoms with van der Waals surface area (Å²) in [5.41, 5.74) is 1.51. The van der Waals surface area contributed by atoms with Crippen LogP contribution in [0.5, 0.6) is 11.5 Å². The number of aromatic nitrogens is 6. The van der Waals surface area contributed by atoms with Crippen LogP contribution in [-0.4, -0.2) is 93.6 Å². The summed E-state index contributed by atoms with van der Waals surface area (Å²) in [6.45, 7) is 3.43. The largest absolute Gasteiger partial charge is 0.505 e. The maximum Gasteiger partial charge on any atom is 0.315 e. The van der Waals surface area contributed by atoms with Crippen molar-refractivity contribution in [3.63, 3.8) is 0 Å². The molecule has 2 amide bonds. The van der Waals surface area contributed by atoms with Gasteiger partial charge in [-0.2, -0.15) is 8.42 Å². The van der Waals surface area contributed by atoms with Crippen molar-refractivity contribution in [2.45, 2.75) is 35.6 Å². The molecular weight excluding hydrogens is 1050 g/mol. The number of carbonyl (C=O) groups is 1. The summed E-state index contributed by atoms with van der Waals surface area (Å²) in [5, 5.41) is 55.1. The van der Waals surface area contributed by atoms with E-state index in [1.54, 1.807) is 38.1 Å². The maximum absolute atomic E-state index is 13.3. The first-order valence-corrected chi connectivity index (χ1v) is 23.2. The van der Waals surface area contributed by atoms with E-state index in [4.69, 9.17) is 84.8 Å². The molecule has 4 heterocycles. The lowest BCUT2D eigenvalue weighted by Crippen LogP contribution is -2.39. The molecule has 0 bridgehead atoms. The molecule has 0 spiro atoms. The van der Waals surface area contributed by atoms with Gasteiger partial charge in [-0.3, -0.25) is 4.55 Å². The zero-order valence-electron chi connectivity index (χ0n) is 33.5. The van der Waals surface area contributed by atoms with Gasteiger partial charge in [-0.25, -0.2) is 30.0 Å². The number of aliphatic imine (C=N–C) groups is 2. The fourth-order valence-electron chi connectivity index (χ4n) is 6.39. The minimum absolute atomic E-state index is 0.0115. The topological polar surface area (TPSA) is 286 Å². The fraction of sp³-hybridized carbons (Fsp3) is 0.132. The van der Waals surface area contributed by atoms with Gasteiger partial charge in [0.25, 0.3) is 10.1 Å². The Morgan fingerprint density at radius 3 is 1.93 bits per heavy atom. The highest BCUT2D eigenvalue weighted by Crippen LogP contribution is 2.39. The molecule has 2 aliphatic heterocycles. The van der Waals surface area contributed by atoms with Crippen molar-refractivity contribution in [3.8, 4) is 11.5 Å². The Bertz CT molecular complexity index is 3230. The number of rotatable bonds is 13. The smallest absolute Gasteiger partial charge is 0.315 e. The maximum atomic E-state index is 13.3. The highest BCUT2D eigenvalue weighted by molar-refractivity contribution is 7.94. The van der Waals surface area contributed by atoms with Crippen molar-refractivity contribution in [1.82, 2.24) is 40.4 Å². The molecule has 2 atom stereocenters. The summed E-state index contributed by atoms with van der Waals surface area (Å²) in [5.74, 6) is -0.535. The zero-order valence-corrected chi connectivity index (χ0v) is 39.7. The van der Waals surface area contributed by atoms with Crippen LogP contribution in [0.3, 0.4) is 0 Å². The molecule has 6 N–H and O–H groups in total. The van der Waals surface area contributed by atoms with E-state index < -0.39 is 38.0 Å². The van der Waals surface area contributed by atoms with Gasteiger partial charge in [-0.05, 0) is 55.5 Å². The lowest BCUT2D eigenvalue weighted by atomic mass is 10.1. The van der Waals surface area contributed by atoms with Gasteiger partial charge in [0, 0.05) is 28.5 Å². The number of hydrogen-bond acceptors (Lipinski definition) is 17. The van der Waals surface area contributed by atoms with Crippen LogP contribution in [0.25, 0.3) is 0 Å². The summed E-state index contributed by atoms with van der Waals surface area (Å²) in [7, 11) is -4.90. The van der Waals surface area contributed by atoms with Crippen LogP contribution in [0.1, 0.15) is 60.2 Å². The molecule has 2 unspecified atom stereocenters. The molecule has 4 aromatic carbocycles. The third kappa shape index (κ3) is 9.95. The van der Waals surface area contributed by atoms with Gasteiger partial charge in [0.2, 0.25) is 11.6 Å². The summed E-state index contributed by atoms with van der Waals surface area (Å²) in [6, 6.07) is 13.4. The van der Waals surface area contributed by atoms with Crippen LogP contribution < -0.4 is 10.6 Å². The predicted octanol–water partition coefficient (Wildman–Crippen LogP) is 8.81. The highest BCUT2D eigenvalue weighted by atomic mass is 35.5. The third-order valence-corrected chi connectivity index (χ3v) is 13.1. The lowest BCUT2D eigenvalue weighted by Gasteiger charge is -2.14. The molecule has 21 nitrogen and oxygen atoms in total. The SMILES string of the molecule is CC(CNC(=O)NC(C)c1nc2n(n1)N=C(c1ccc(Cl)c(S(=O)(=O)O)c1Cl)C2=Nc1cc(Cl)c(O)c(Cl)c1)c1nc2n(n1)N=C(c1cccc(SOOO)c1)C2=Nc1cc(Cl)c(O)c(Cl)c1. The minimum Gasteiger partial charge on any atom is -0.505 e. The van der Waals surface area contributed by atoms with E-state index in [2.05, 4.69) is 50.4 Å². The number of nitrogens with one attached hydrogen (secondary N) is 2. The van der Waals surface area contributed by atoms with E-state index in [0.29, 0.717) is 22.0 Å². The Labute approximate surface area is 411 Å². The number of fused-ring (bicyclic) bond motifs is 2. The highest BCUT2D eigenvalue weighted by Gasteiger charge is 2.34. The number of phenolic OH excluding ortho intramolecular Hbond substituents is 2. The first-order chi connectivity index (χ1) is 31.8. The Morgan fingerprint density at radius 2 is 1.34 bits per heavy atom. The van der Waals surface area contributed by atoms with Gasteiger partial charge in [-0.1, -0.05) is 93.7 Å². The number of halogens is 6. The second-order valence-corrected chi connectivity index (χ2v) is 18.7. The second kappa shape index (κ2) is 19.3. The molecule has 67 heavy (non-hydrogen) atoms. The van der Waals surface area contributed by atoms with Gasteiger partial charge in [0.05, 0.1) is 59.6 Å². The molecule has 346 valence electrons. The Balaban J connectivity index is 1.02. The summed E-state index contributed by atoms with van der Waals surface area (Å²) >= 11 is 38.0. The number of carbonyl (C=O) groups excluding carboxylic acids is 1. The number of phenols is 2. The first kappa shape index (κ1) is 48.1. The van der Waals surface area contributed by atoms with Crippen LogP contribution in [-0.2, 0) is 19.5 Å². The molecule has 2 aromatic heterocycles. The van der Waals surface area contributed by atoms with Crippen LogP contribution in [0.15, 0.2) is 90.6 Å². The number of hydrogen-bond donors (Lipinski definition) is 6. The summed E-state index contributed by atoms with van der Waals surface area (Å²) in [4.78, 5) is 34.0. The Morgan fingerprint density at radius 1 is 0.791 bits per heavy atom. The number of aromatic hydroxyl groups is 2. The van der Waals surface area contributed by atoms with Crippen LogP contribution in [0.2, 0.25) is 30.1 Å². The molecule has 0 radical (unpaired) electrons. The van der Waals surface area contributed by atoms with Gasteiger partial charge in [0.15, 0.2) is 23.1 Å². The van der Waals surface area contributed by atoms with E-state index in [-0.39, 0.29) is 94.7 Å². The quantitative estimate of drug-likeness (QED) is 0.0273. The number of benzene rings is 4. The number of nitrogens with zero attached hydrogens (tertiary/aromatic N) is 10. The van der Waals surface area contributed by atoms with Crippen molar-refractivity contribution in [1.29, 1.82) is 0 Å². The van der Waals surface area contributed by atoms with E-state index in [9.17, 15) is 28.0 Å². The van der Waals surface area contributed by atoms with Gasteiger partial charge in [0.1, 0.15) is 27.7 Å². The van der Waals surface area contributed by atoms with Crippen molar-refractivity contribution >= 4 is 132 Å². The van der Waals surface area contributed by atoms with Crippen LogP contribution in [0.4, 0.5) is 16.2 Å². The molecular formula is C38H26Cl6N12O9S2. The molecule has 0 fully saturated rings. The van der Waals surface area contributed by atoms with Gasteiger partial charge < -0.3 is 20.8 Å². The fourth-order valence-corrected chi connectivity index (χ4v) is 9.45. The molecule has 0 aliphatic carbocycles. The van der Waals surface area contributed by atoms with Crippen molar-refractivity contribution in [2.24, 2.45) is 20.2 Å². The van der Waals surface area contributed by atoms with E-state index >= 15 is 0 Å². The lowest BCUT2D eigenvalue weighted by molar-refractivity contribution is -0.432. The zero-order chi connectivity index (χ0) is 48.1. The number of amides is 2. The molecule has 6 aromatic rings. The van der Waals surface area contributed by atoms with Crippen LogP contribution in [0, 0.1) is 0 Å². The monoisotopic (exact) mass is 1070 g/mol. The molecule has 0 saturated carbocycles. The normalized spacial score (nSPS) is 15.4. The van der Waals surface area contributed by atoms with Crippen molar-refractivity contribution < 1.29 is 42.6 Å². The van der Waals surface area contributed by atoms with E-state index in [1.807, 2.05) is 0 Å². The molecule has 29 heteroatoms. The second-order valence-electron chi connectivity index (χ2n) is 14.1. The molecule has 0 saturated heterocycles. The molecule has 8 rings (SSSR count). The molecule has 2 aliphatic rings. The standard InChI is InChI=1S/C38H26Cl6N12O9S2/c1-14(34-49-36-29(47-17-9-22(40)31(57)23(41)10-17)27(51-55(36)53-34)16-4-3-5-19(8-16)66-65-64-60)13-45-38(59)46-15(2)35-50-37-30(48-18-11-24(42)32(58)25(43)12-18)28(52-56(37)54-35)20-6-7-21(39)33(26(20)44)67(61,62)63/h3-12,14-15,57-58,60H,13H2,1-2H3,(H2,45,46,59)(H,61,62,63). The van der Waals surface area contributed by atoms with Crippen molar-refractivity contribution in [2.75, 3.05) is 6.54 Å². The van der Waals surface area contributed by atoms with Crippen molar-refractivity contribution in [3.05, 3.63) is 125 Å². The summed E-state index contributed by atoms with van der Waals surface area (Å²) < 4.78 is 38.9. The average Bonchev–Trinajstić information content (AvgIpc) is 4.04. The Kier molecular flexibility index (Phi) is 13.8. The first-order valence-electron chi connectivity index (χ1n) is 18.7. The predicted molar refractivity (Wildman–Crippen MR) is 249 cm³/mol. The summed E-state index contributed by atoms with van der Waals surface area (Å²) in [6.07, 6.45) is 0. The van der Waals surface area contributed by atoms with Crippen LogP contribution >= 0.6 is 81.6 Å². The van der Waals surface area contributed by atoms with Gasteiger partial charge >= 0.3 is 6.03 Å². The van der Waals surface area contributed by atoms with E-state index in [0.717, 1.165) is 16.8 Å². The minimum atomic E-state index is -4.90. The van der Waals surface area contributed by atoms with E-state index in [1.165, 1.54) is 41.2 Å². The van der Waals surface area contributed by atoms with Gasteiger partial charge in [-0.15, -0.1) is 34.3 Å². The third-order valence-electron chi connectivity index (χ3n) is 9.54. The Hall–Kier alpha value is -5.41.